The first-order valence-electron chi connectivity index (χ1n) is 9.08. The van der Waals surface area contributed by atoms with Gasteiger partial charge in [0.2, 0.25) is 0 Å². The lowest BCUT2D eigenvalue weighted by molar-refractivity contribution is 0.0954. The number of hydrogen-bond donors (Lipinski definition) is 2. The molecule has 0 atom stereocenters. The molecule has 146 valence electrons. The molecular weight excluding hydrogens is 373 g/mol. The fourth-order valence-corrected chi connectivity index (χ4v) is 2.76. The van der Waals surface area contributed by atoms with Crippen molar-refractivity contribution in [2.45, 2.75) is 13.0 Å². The van der Waals surface area contributed by atoms with E-state index in [0.29, 0.717) is 42.4 Å². The SMILES string of the molecule is O=C(NCCc1nnc2ccc(NCc3ccccn3)nn12)c1ccc(F)cc1. The molecule has 0 aliphatic carbocycles. The van der Waals surface area contributed by atoms with Crippen LogP contribution >= 0.6 is 0 Å². The van der Waals surface area contributed by atoms with Gasteiger partial charge in [-0.2, -0.15) is 4.52 Å². The predicted octanol–water partition coefficient (Wildman–Crippen LogP) is 2.24. The lowest BCUT2D eigenvalue weighted by Gasteiger charge is -2.07. The number of carbonyl (C=O) groups excluding carboxylic acids is 1. The molecule has 0 unspecified atom stereocenters. The number of hydrogen-bond acceptors (Lipinski definition) is 6. The van der Waals surface area contributed by atoms with E-state index >= 15 is 0 Å². The van der Waals surface area contributed by atoms with E-state index in [2.05, 4.69) is 30.9 Å². The van der Waals surface area contributed by atoms with Crippen LogP contribution in [0.4, 0.5) is 10.2 Å². The molecule has 0 saturated heterocycles. The van der Waals surface area contributed by atoms with E-state index in [-0.39, 0.29) is 11.7 Å². The molecule has 0 fully saturated rings. The normalized spacial score (nSPS) is 10.8. The van der Waals surface area contributed by atoms with Crippen molar-refractivity contribution >= 4 is 17.4 Å². The van der Waals surface area contributed by atoms with Crippen LogP contribution in [0, 0.1) is 5.82 Å². The molecule has 0 bridgehead atoms. The van der Waals surface area contributed by atoms with Gasteiger partial charge in [0.25, 0.3) is 5.91 Å². The van der Waals surface area contributed by atoms with Crippen molar-refractivity contribution in [2.24, 2.45) is 0 Å². The molecule has 0 radical (unpaired) electrons. The van der Waals surface area contributed by atoms with Gasteiger partial charge in [-0.25, -0.2) is 4.39 Å². The monoisotopic (exact) mass is 391 g/mol. The summed E-state index contributed by atoms with van der Waals surface area (Å²) in [5.41, 5.74) is 1.92. The molecule has 8 nitrogen and oxygen atoms in total. The third-order valence-electron chi connectivity index (χ3n) is 4.24. The maximum Gasteiger partial charge on any atom is 0.251 e. The summed E-state index contributed by atoms with van der Waals surface area (Å²) in [6.45, 7) is 0.898. The topological polar surface area (TPSA) is 97.1 Å². The van der Waals surface area contributed by atoms with Crippen molar-refractivity contribution < 1.29 is 9.18 Å². The average Bonchev–Trinajstić information content (AvgIpc) is 3.16. The Hall–Kier alpha value is -3.88. The number of nitrogens with one attached hydrogen (secondary N) is 2. The summed E-state index contributed by atoms with van der Waals surface area (Å²) >= 11 is 0. The Bertz CT molecular complexity index is 1110. The van der Waals surface area contributed by atoms with Gasteiger partial charge in [-0.05, 0) is 48.5 Å². The summed E-state index contributed by atoms with van der Waals surface area (Å²) in [4.78, 5) is 16.4. The number of nitrogens with zero attached hydrogens (tertiary/aromatic N) is 5. The summed E-state index contributed by atoms with van der Waals surface area (Å²) in [5, 5.41) is 18.8. The third kappa shape index (κ3) is 4.52. The first-order chi connectivity index (χ1) is 14.2. The summed E-state index contributed by atoms with van der Waals surface area (Å²) in [5.74, 6) is 0.639. The van der Waals surface area contributed by atoms with E-state index in [1.807, 2.05) is 30.3 Å². The molecule has 3 heterocycles. The second-order valence-electron chi connectivity index (χ2n) is 6.29. The number of amides is 1. The van der Waals surface area contributed by atoms with E-state index < -0.39 is 0 Å². The van der Waals surface area contributed by atoms with Gasteiger partial charge < -0.3 is 10.6 Å². The highest BCUT2D eigenvalue weighted by molar-refractivity contribution is 5.94. The maximum absolute atomic E-state index is 13.0. The summed E-state index contributed by atoms with van der Waals surface area (Å²) < 4.78 is 14.6. The van der Waals surface area contributed by atoms with Crippen LogP contribution in [0.2, 0.25) is 0 Å². The number of carbonyl (C=O) groups is 1. The van der Waals surface area contributed by atoms with E-state index in [4.69, 9.17) is 0 Å². The standard InChI is InChI=1S/C20H18FN7O/c21-15-6-4-14(5-7-15)20(29)23-12-10-19-26-25-18-9-8-17(27-28(18)19)24-13-16-3-1-2-11-22-16/h1-9,11H,10,12-13H2,(H,23,29)(H,24,27). The third-order valence-corrected chi connectivity index (χ3v) is 4.24. The van der Waals surface area contributed by atoms with Crippen molar-refractivity contribution in [3.05, 3.63) is 83.7 Å². The minimum absolute atomic E-state index is 0.274. The quantitative estimate of drug-likeness (QED) is 0.502. The fraction of sp³-hybridized carbons (Fsp3) is 0.150. The average molecular weight is 391 g/mol. The zero-order valence-corrected chi connectivity index (χ0v) is 15.4. The highest BCUT2D eigenvalue weighted by atomic mass is 19.1. The van der Waals surface area contributed by atoms with Crippen LogP contribution in [-0.4, -0.2) is 37.2 Å². The van der Waals surface area contributed by atoms with Crippen molar-refractivity contribution in [3.63, 3.8) is 0 Å². The van der Waals surface area contributed by atoms with E-state index in [1.54, 1.807) is 10.7 Å². The summed E-state index contributed by atoms with van der Waals surface area (Å²) in [6.07, 6.45) is 2.19. The number of benzene rings is 1. The van der Waals surface area contributed by atoms with E-state index in [9.17, 15) is 9.18 Å². The number of pyridine rings is 1. The molecule has 1 amide bonds. The smallest absolute Gasteiger partial charge is 0.251 e. The lowest BCUT2D eigenvalue weighted by Crippen LogP contribution is -2.26. The van der Waals surface area contributed by atoms with Gasteiger partial charge in [-0.1, -0.05) is 6.07 Å². The van der Waals surface area contributed by atoms with E-state index in [0.717, 1.165) is 5.69 Å². The number of aromatic nitrogens is 5. The molecule has 9 heteroatoms. The van der Waals surface area contributed by atoms with Gasteiger partial charge in [0.05, 0.1) is 12.2 Å². The van der Waals surface area contributed by atoms with Gasteiger partial charge in [-0.15, -0.1) is 15.3 Å². The predicted molar refractivity (Wildman–Crippen MR) is 105 cm³/mol. The van der Waals surface area contributed by atoms with Gasteiger partial charge in [0.15, 0.2) is 11.5 Å². The molecule has 0 spiro atoms. The summed E-state index contributed by atoms with van der Waals surface area (Å²) in [7, 11) is 0. The van der Waals surface area contributed by atoms with Gasteiger partial charge in [0, 0.05) is 24.7 Å². The maximum atomic E-state index is 13.0. The van der Waals surface area contributed by atoms with Crippen molar-refractivity contribution in [1.82, 2.24) is 30.1 Å². The molecule has 1 aromatic carbocycles. The first kappa shape index (κ1) is 18.5. The molecule has 3 aromatic heterocycles. The minimum atomic E-state index is -0.380. The minimum Gasteiger partial charge on any atom is -0.363 e. The van der Waals surface area contributed by atoms with Crippen LogP contribution in [0.5, 0.6) is 0 Å². The zero-order chi connectivity index (χ0) is 20.1. The Balaban J connectivity index is 1.38. The van der Waals surface area contributed by atoms with Crippen molar-refractivity contribution in [3.8, 4) is 0 Å². The Morgan fingerprint density at radius 1 is 1.03 bits per heavy atom. The number of rotatable bonds is 7. The van der Waals surface area contributed by atoms with Gasteiger partial charge in [-0.3, -0.25) is 9.78 Å². The second-order valence-corrected chi connectivity index (χ2v) is 6.29. The molecule has 0 aliphatic rings. The molecular formula is C20H18FN7O. The molecule has 29 heavy (non-hydrogen) atoms. The highest BCUT2D eigenvalue weighted by Gasteiger charge is 2.10. The highest BCUT2D eigenvalue weighted by Crippen LogP contribution is 2.09. The second kappa shape index (κ2) is 8.42. The Morgan fingerprint density at radius 3 is 2.69 bits per heavy atom. The number of halogens is 1. The number of fused-ring (bicyclic) bond motifs is 1. The van der Waals surface area contributed by atoms with Crippen LogP contribution in [0.3, 0.4) is 0 Å². The van der Waals surface area contributed by atoms with Crippen LogP contribution in [0.15, 0.2) is 60.8 Å². The van der Waals surface area contributed by atoms with Crippen molar-refractivity contribution in [2.75, 3.05) is 11.9 Å². The largest absolute Gasteiger partial charge is 0.363 e. The summed E-state index contributed by atoms with van der Waals surface area (Å²) in [6, 6.07) is 14.8. The molecule has 0 saturated carbocycles. The van der Waals surface area contributed by atoms with Gasteiger partial charge >= 0.3 is 0 Å². The molecule has 4 aromatic rings. The Morgan fingerprint density at radius 2 is 1.90 bits per heavy atom. The first-order valence-corrected chi connectivity index (χ1v) is 9.08. The zero-order valence-electron chi connectivity index (χ0n) is 15.4. The van der Waals surface area contributed by atoms with Crippen LogP contribution in [-0.2, 0) is 13.0 Å². The van der Waals surface area contributed by atoms with Gasteiger partial charge in [0.1, 0.15) is 11.6 Å². The molecule has 4 rings (SSSR count). The van der Waals surface area contributed by atoms with Crippen LogP contribution < -0.4 is 10.6 Å². The van der Waals surface area contributed by atoms with Crippen LogP contribution in [0.25, 0.3) is 5.65 Å². The lowest BCUT2D eigenvalue weighted by atomic mass is 10.2. The Labute approximate surface area is 165 Å². The molecule has 2 N–H and O–H groups in total. The van der Waals surface area contributed by atoms with Crippen molar-refractivity contribution in [1.29, 1.82) is 0 Å². The Kier molecular flexibility index (Phi) is 5.37. The number of anilines is 1. The van der Waals surface area contributed by atoms with Crippen LogP contribution in [0.1, 0.15) is 21.9 Å². The van der Waals surface area contributed by atoms with E-state index in [1.165, 1.54) is 24.3 Å². The molecule has 0 aliphatic heterocycles. The fourth-order valence-electron chi connectivity index (χ4n) is 2.76.